The van der Waals surface area contributed by atoms with Crippen LogP contribution in [0.4, 0.5) is 5.69 Å². The van der Waals surface area contributed by atoms with E-state index in [1.54, 1.807) is 14.2 Å². The second-order valence-corrected chi connectivity index (χ2v) is 5.81. The number of hydrogen-bond donors (Lipinski definition) is 1. The minimum absolute atomic E-state index is 0.651. The largest absolute Gasteiger partial charge is 0.496 e. The highest BCUT2D eigenvalue weighted by Gasteiger charge is 2.53. The number of carboxylic acids is 1. The molecule has 2 aliphatic rings. The molecule has 1 aromatic carbocycles. The highest BCUT2D eigenvalue weighted by Crippen LogP contribution is 2.53. The van der Waals surface area contributed by atoms with Crippen molar-refractivity contribution in [3.8, 4) is 11.5 Å². The maximum atomic E-state index is 11.6. The first-order chi connectivity index (χ1) is 10.1. The van der Waals surface area contributed by atoms with E-state index < -0.39 is 11.4 Å². The lowest BCUT2D eigenvalue weighted by Crippen LogP contribution is -2.22. The molecule has 1 saturated carbocycles. The summed E-state index contributed by atoms with van der Waals surface area (Å²) in [5, 5.41) is 9.51. The fourth-order valence-corrected chi connectivity index (χ4v) is 3.18. The van der Waals surface area contributed by atoms with Crippen molar-refractivity contribution in [1.82, 2.24) is 0 Å². The summed E-state index contributed by atoms with van der Waals surface area (Å²) in [6, 6.07) is 3.79. The maximum Gasteiger partial charge on any atom is 0.314 e. The van der Waals surface area contributed by atoms with Crippen LogP contribution in [0.25, 0.3) is 0 Å². The van der Waals surface area contributed by atoms with Crippen molar-refractivity contribution < 1.29 is 19.4 Å². The van der Waals surface area contributed by atoms with Crippen molar-refractivity contribution >= 4 is 11.7 Å². The molecule has 0 radical (unpaired) electrons. The molecular formula is C16H21NO4. The van der Waals surface area contributed by atoms with E-state index in [4.69, 9.17) is 9.47 Å². The van der Waals surface area contributed by atoms with E-state index in [0.29, 0.717) is 18.6 Å². The third-order valence-corrected chi connectivity index (χ3v) is 4.62. The van der Waals surface area contributed by atoms with E-state index in [-0.39, 0.29) is 0 Å². The van der Waals surface area contributed by atoms with Crippen molar-refractivity contribution in [2.24, 2.45) is 0 Å². The SMILES string of the molecule is COc1cc(C2(C(=O)O)CC2)c(OC)cc1N1CCCC1. The Morgan fingerprint density at radius 2 is 1.76 bits per heavy atom. The zero-order valence-electron chi connectivity index (χ0n) is 12.5. The van der Waals surface area contributed by atoms with Crippen molar-refractivity contribution in [2.75, 3.05) is 32.2 Å². The molecule has 0 unspecified atom stereocenters. The molecule has 0 atom stereocenters. The van der Waals surface area contributed by atoms with Crippen molar-refractivity contribution in [3.63, 3.8) is 0 Å². The van der Waals surface area contributed by atoms with Crippen LogP contribution in [0.2, 0.25) is 0 Å². The van der Waals surface area contributed by atoms with Crippen LogP contribution in [-0.2, 0) is 10.2 Å². The number of rotatable bonds is 5. The molecule has 5 nitrogen and oxygen atoms in total. The zero-order chi connectivity index (χ0) is 15.0. The molecule has 114 valence electrons. The normalized spacial score (nSPS) is 19.4. The molecule has 1 saturated heterocycles. The minimum atomic E-state index is -0.790. The van der Waals surface area contributed by atoms with Gasteiger partial charge in [-0.2, -0.15) is 0 Å². The second-order valence-electron chi connectivity index (χ2n) is 5.81. The molecule has 21 heavy (non-hydrogen) atoms. The number of anilines is 1. The quantitative estimate of drug-likeness (QED) is 0.903. The standard InChI is InChI=1S/C16H21NO4/c1-20-13-10-12(17-7-3-4-8-17)14(21-2)9-11(13)16(5-6-16)15(18)19/h9-10H,3-8H2,1-2H3,(H,18,19). The summed E-state index contributed by atoms with van der Waals surface area (Å²) in [5.41, 5.74) is 0.941. The third-order valence-electron chi connectivity index (χ3n) is 4.62. The number of benzene rings is 1. The highest BCUT2D eigenvalue weighted by atomic mass is 16.5. The molecule has 0 bridgehead atoms. The summed E-state index contributed by atoms with van der Waals surface area (Å²) in [7, 11) is 3.22. The molecule has 2 fully saturated rings. The monoisotopic (exact) mass is 291 g/mol. The van der Waals surface area contributed by atoms with Crippen LogP contribution in [0.1, 0.15) is 31.2 Å². The number of nitrogens with zero attached hydrogens (tertiary/aromatic N) is 1. The van der Waals surface area contributed by atoms with Gasteiger partial charge >= 0.3 is 5.97 Å². The highest BCUT2D eigenvalue weighted by molar-refractivity contribution is 5.87. The molecule has 1 N–H and O–H groups in total. The average Bonchev–Trinajstić information content (AvgIpc) is 3.13. The smallest absolute Gasteiger partial charge is 0.314 e. The first-order valence-electron chi connectivity index (χ1n) is 7.37. The van der Waals surface area contributed by atoms with Gasteiger partial charge in [0.1, 0.15) is 11.5 Å². The third kappa shape index (κ3) is 2.20. The number of methoxy groups -OCH3 is 2. The van der Waals surface area contributed by atoms with E-state index >= 15 is 0 Å². The Kier molecular flexibility index (Phi) is 3.43. The Labute approximate surface area is 124 Å². The van der Waals surface area contributed by atoms with Gasteiger partial charge in [0.2, 0.25) is 0 Å². The molecule has 0 spiro atoms. The van der Waals surface area contributed by atoms with Crippen molar-refractivity contribution in [2.45, 2.75) is 31.1 Å². The lowest BCUT2D eigenvalue weighted by Gasteiger charge is -2.24. The predicted octanol–water partition coefficient (Wildman–Crippen LogP) is 2.42. The first-order valence-corrected chi connectivity index (χ1v) is 7.37. The summed E-state index contributed by atoms with van der Waals surface area (Å²) >= 11 is 0. The number of carboxylic acid groups (broad SMARTS) is 1. The van der Waals surface area contributed by atoms with Crippen LogP contribution >= 0.6 is 0 Å². The fourth-order valence-electron chi connectivity index (χ4n) is 3.18. The summed E-state index contributed by atoms with van der Waals surface area (Å²) < 4.78 is 11.0. The Morgan fingerprint density at radius 1 is 1.14 bits per heavy atom. The van der Waals surface area contributed by atoms with E-state index in [9.17, 15) is 9.90 Å². The van der Waals surface area contributed by atoms with Crippen molar-refractivity contribution in [1.29, 1.82) is 0 Å². The van der Waals surface area contributed by atoms with E-state index in [2.05, 4.69) is 4.90 Å². The molecule has 1 aliphatic heterocycles. The second kappa shape index (κ2) is 5.13. The van der Waals surface area contributed by atoms with Crippen LogP contribution in [0.5, 0.6) is 11.5 Å². The molecule has 3 rings (SSSR count). The topological polar surface area (TPSA) is 59.0 Å². The number of aliphatic carboxylic acids is 1. The summed E-state index contributed by atoms with van der Waals surface area (Å²) in [6.07, 6.45) is 3.66. The van der Waals surface area contributed by atoms with E-state index in [1.807, 2.05) is 12.1 Å². The molecule has 1 aliphatic carbocycles. The Morgan fingerprint density at radius 3 is 2.24 bits per heavy atom. The van der Waals surface area contributed by atoms with Crippen molar-refractivity contribution in [3.05, 3.63) is 17.7 Å². The molecule has 1 aromatic rings. The lowest BCUT2D eigenvalue weighted by atomic mass is 9.94. The molecular weight excluding hydrogens is 270 g/mol. The molecule has 5 heteroatoms. The number of ether oxygens (including phenoxy) is 2. The van der Waals surface area contributed by atoms with E-state index in [0.717, 1.165) is 30.1 Å². The Hall–Kier alpha value is -1.91. The van der Waals surface area contributed by atoms with Gasteiger partial charge in [-0.15, -0.1) is 0 Å². The van der Waals surface area contributed by atoms with Crippen LogP contribution in [-0.4, -0.2) is 38.4 Å². The molecule has 0 amide bonds. The van der Waals surface area contributed by atoms with Gasteiger partial charge in [0, 0.05) is 24.7 Å². The molecule has 1 heterocycles. The zero-order valence-corrected chi connectivity index (χ0v) is 12.5. The van der Waals surface area contributed by atoms with Crippen LogP contribution < -0.4 is 14.4 Å². The number of carbonyl (C=O) groups is 1. The summed E-state index contributed by atoms with van der Waals surface area (Å²) in [4.78, 5) is 13.9. The van der Waals surface area contributed by atoms with Crippen LogP contribution in [0.15, 0.2) is 12.1 Å². The van der Waals surface area contributed by atoms with Crippen LogP contribution in [0.3, 0.4) is 0 Å². The van der Waals surface area contributed by atoms with Gasteiger partial charge in [-0.05, 0) is 31.7 Å². The molecule has 0 aromatic heterocycles. The van der Waals surface area contributed by atoms with Gasteiger partial charge in [0.25, 0.3) is 0 Å². The van der Waals surface area contributed by atoms with Gasteiger partial charge < -0.3 is 19.5 Å². The summed E-state index contributed by atoms with van der Waals surface area (Å²) in [5.74, 6) is 0.606. The van der Waals surface area contributed by atoms with Gasteiger partial charge in [0.15, 0.2) is 0 Å². The minimum Gasteiger partial charge on any atom is -0.496 e. The van der Waals surface area contributed by atoms with Crippen LogP contribution in [0, 0.1) is 0 Å². The predicted molar refractivity (Wildman–Crippen MR) is 79.5 cm³/mol. The number of hydrogen-bond acceptors (Lipinski definition) is 4. The lowest BCUT2D eigenvalue weighted by molar-refractivity contribution is -0.140. The van der Waals surface area contributed by atoms with E-state index in [1.165, 1.54) is 12.8 Å². The van der Waals surface area contributed by atoms with Gasteiger partial charge in [-0.1, -0.05) is 0 Å². The van der Waals surface area contributed by atoms with Gasteiger partial charge in [0.05, 0.1) is 25.3 Å². The van der Waals surface area contributed by atoms with Gasteiger partial charge in [-0.25, -0.2) is 0 Å². The van der Waals surface area contributed by atoms with Gasteiger partial charge in [-0.3, -0.25) is 4.79 Å². The first kappa shape index (κ1) is 14.0. The summed E-state index contributed by atoms with van der Waals surface area (Å²) in [6.45, 7) is 2.01. The Balaban J connectivity index is 2.08. The fraction of sp³-hybridized carbons (Fsp3) is 0.562. The maximum absolute atomic E-state index is 11.6. The Bertz CT molecular complexity index is 560. The average molecular weight is 291 g/mol.